The molecule has 0 bridgehead atoms. The molecule has 0 radical (unpaired) electrons. The summed E-state index contributed by atoms with van der Waals surface area (Å²) in [5.41, 5.74) is 1.15. The first-order valence-electron chi connectivity index (χ1n) is 6.83. The summed E-state index contributed by atoms with van der Waals surface area (Å²) < 4.78 is 4.89. The second-order valence-electron chi connectivity index (χ2n) is 4.70. The van der Waals surface area contributed by atoms with Crippen LogP contribution in [0.4, 0.5) is 5.69 Å². The van der Waals surface area contributed by atoms with E-state index in [1.807, 2.05) is 13.8 Å². The van der Waals surface area contributed by atoms with Gasteiger partial charge in [-0.3, -0.25) is 4.79 Å². The summed E-state index contributed by atoms with van der Waals surface area (Å²) in [6, 6.07) is 7.03. The van der Waals surface area contributed by atoms with Gasteiger partial charge in [0.05, 0.1) is 12.2 Å². The van der Waals surface area contributed by atoms with Gasteiger partial charge in [0.15, 0.2) is 0 Å². The second-order valence-corrected chi connectivity index (χ2v) is 4.70. The molecule has 1 rings (SSSR count). The van der Waals surface area contributed by atoms with Crippen molar-refractivity contribution >= 4 is 17.6 Å². The van der Waals surface area contributed by atoms with E-state index in [1.54, 1.807) is 31.2 Å². The van der Waals surface area contributed by atoms with Crippen LogP contribution in [0.5, 0.6) is 0 Å². The van der Waals surface area contributed by atoms with Crippen LogP contribution in [0.25, 0.3) is 0 Å². The molecule has 0 saturated heterocycles. The topological polar surface area (TPSA) is 67.4 Å². The Morgan fingerprint density at radius 2 is 1.85 bits per heavy atom. The summed E-state index contributed by atoms with van der Waals surface area (Å²) >= 11 is 0. The van der Waals surface area contributed by atoms with Gasteiger partial charge in [-0.2, -0.15) is 0 Å². The lowest BCUT2D eigenvalue weighted by atomic mass is 10.2. The van der Waals surface area contributed by atoms with Gasteiger partial charge in [-0.05, 0) is 31.2 Å². The molecule has 1 amide bonds. The zero-order chi connectivity index (χ0) is 15.0. The lowest BCUT2D eigenvalue weighted by Crippen LogP contribution is -2.27. The van der Waals surface area contributed by atoms with Gasteiger partial charge in [0.25, 0.3) is 0 Å². The van der Waals surface area contributed by atoms with E-state index < -0.39 is 0 Å². The minimum Gasteiger partial charge on any atom is -0.462 e. The molecular weight excluding hydrogens is 256 g/mol. The van der Waals surface area contributed by atoms with Crippen molar-refractivity contribution in [2.24, 2.45) is 0 Å². The van der Waals surface area contributed by atoms with E-state index in [0.29, 0.717) is 36.9 Å². The molecule has 0 spiro atoms. The quantitative estimate of drug-likeness (QED) is 0.750. The van der Waals surface area contributed by atoms with Crippen molar-refractivity contribution in [1.82, 2.24) is 5.32 Å². The fourth-order valence-corrected chi connectivity index (χ4v) is 1.60. The number of carbonyl (C=O) groups is 2. The van der Waals surface area contributed by atoms with Crippen molar-refractivity contribution in [3.63, 3.8) is 0 Å². The molecule has 2 N–H and O–H groups in total. The Hall–Kier alpha value is -1.88. The fraction of sp³-hybridized carbons (Fsp3) is 0.467. The third kappa shape index (κ3) is 5.84. The Bertz CT molecular complexity index is 441. The third-order valence-electron chi connectivity index (χ3n) is 2.58. The van der Waals surface area contributed by atoms with Crippen LogP contribution < -0.4 is 10.6 Å². The zero-order valence-electron chi connectivity index (χ0n) is 12.2. The van der Waals surface area contributed by atoms with Crippen molar-refractivity contribution in [2.45, 2.75) is 33.2 Å². The molecule has 5 nitrogen and oxygen atoms in total. The maximum Gasteiger partial charge on any atom is 0.338 e. The number of ether oxygens (including phenoxy) is 1. The molecule has 0 aliphatic carbocycles. The lowest BCUT2D eigenvalue weighted by molar-refractivity contribution is -0.116. The SMILES string of the molecule is CCOC(=O)c1ccc(NC(=O)CCNC(C)C)cc1. The molecular formula is C15H22N2O3. The van der Waals surface area contributed by atoms with Crippen molar-refractivity contribution in [1.29, 1.82) is 0 Å². The van der Waals surface area contributed by atoms with E-state index in [0.717, 1.165) is 0 Å². The summed E-state index contributed by atoms with van der Waals surface area (Å²) in [4.78, 5) is 23.1. The van der Waals surface area contributed by atoms with Gasteiger partial charge >= 0.3 is 5.97 Å². The minimum atomic E-state index is -0.355. The predicted octanol–water partition coefficient (Wildman–Crippen LogP) is 2.19. The number of hydrogen-bond acceptors (Lipinski definition) is 4. The number of esters is 1. The molecule has 0 atom stereocenters. The Morgan fingerprint density at radius 1 is 1.20 bits per heavy atom. The van der Waals surface area contributed by atoms with E-state index in [9.17, 15) is 9.59 Å². The molecule has 0 aromatic heterocycles. The maximum atomic E-state index is 11.7. The molecule has 0 unspecified atom stereocenters. The van der Waals surface area contributed by atoms with E-state index in [-0.39, 0.29) is 11.9 Å². The highest BCUT2D eigenvalue weighted by atomic mass is 16.5. The van der Waals surface area contributed by atoms with E-state index >= 15 is 0 Å². The summed E-state index contributed by atoms with van der Waals surface area (Å²) in [6.45, 7) is 6.82. The van der Waals surface area contributed by atoms with Crippen molar-refractivity contribution in [3.8, 4) is 0 Å². The normalized spacial score (nSPS) is 10.4. The molecule has 0 aliphatic heterocycles. The largest absolute Gasteiger partial charge is 0.462 e. The Balaban J connectivity index is 2.44. The standard InChI is InChI=1S/C15H22N2O3/c1-4-20-15(19)12-5-7-13(8-6-12)17-14(18)9-10-16-11(2)3/h5-8,11,16H,4,9-10H2,1-3H3,(H,17,18). The molecule has 20 heavy (non-hydrogen) atoms. The highest BCUT2D eigenvalue weighted by molar-refractivity contribution is 5.93. The Morgan fingerprint density at radius 3 is 2.40 bits per heavy atom. The van der Waals surface area contributed by atoms with E-state index in [2.05, 4.69) is 10.6 Å². The van der Waals surface area contributed by atoms with Crippen LogP contribution >= 0.6 is 0 Å². The van der Waals surface area contributed by atoms with Crippen LogP contribution in [-0.2, 0) is 9.53 Å². The highest BCUT2D eigenvalue weighted by Gasteiger charge is 2.07. The number of amides is 1. The maximum absolute atomic E-state index is 11.7. The smallest absolute Gasteiger partial charge is 0.338 e. The van der Waals surface area contributed by atoms with E-state index in [1.165, 1.54) is 0 Å². The lowest BCUT2D eigenvalue weighted by Gasteiger charge is -2.09. The molecule has 1 aromatic carbocycles. The highest BCUT2D eigenvalue weighted by Crippen LogP contribution is 2.10. The number of benzene rings is 1. The third-order valence-corrected chi connectivity index (χ3v) is 2.58. The van der Waals surface area contributed by atoms with E-state index in [4.69, 9.17) is 4.74 Å². The first-order valence-corrected chi connectivity index (χ1v) is 6.83. The summed E-state index contributed by atoms with van der Waals surface area (Å²) in [5.74, 6) is -0.409. The molecule has 0 aliphatic rings. The second kappa shape index (κ2) is 8.32. The number of rotatable bonds is 7. The van der Waals surface area contributed by atoms with Gasteiger partial charge in [-0.1, -0.05) is 13.8 Å². The first kappa shape index (κ1) is 16.2. The van der Waals surface area contributed by atoms with Crippen LogP contribution in [0.2, 0.25) is 0 Å². The molecule has 0 fully saturated rings. The first-order chi connectivity index (χ1) is 9.52. The van der Waals surface area contributed by atoms with Gasteiger partial charge in [-0.15, -0.1) is 0 Å². The van der Waals surface area contributed by atoms with Crippen molar-refractivity contribution in [3.05, 3.63) is 29.8 Å². The number of anilines is 1. The number of carbonyl (C=O) groups excluding carboxylic acids is 2. The monoisotopic (exact) mass is 278 g/mol. The van der Waals surface area contributed by atoms with Crippen LogP contribution in [-0.4, -0.2) is 31.1 Å². The zero-order valence-corrected chi connectivity index (χ0v) is 12.2. The van der Waals surface area contributed by atoms with Gasteiger partial charge in [-0.25, -0.2) is 4.79 Å². The van der Waals surface area contributed by atoms with Crippen LogP contribution in [0.3, 0.4) is 0 Å². The molecule has 0 saturated carbocycles. The molecule has 0 heterocycles. The molecule has 5 heteroatoms. The van der Waals surface area contributed by atoms with Gasteiger partial charge in [0.1, 0.15) is 0 Å². The summed E-state index contributed by atoms with van der Waals surface area (Å²) in [5, 5.41) is 5.96. The summed E-state index contributed by atoms with van der Waals surface area (Å²) in [7, 11) is 0. The fourth-order valence-electron chi connectivity index (χ4n) is 1.60. The van der Waals surface area contributed by atoms with Crippen LogP contribution in [0.15, 0.2) is 24.3 Å². The molecule has 1 aromatic rings. The Kier molecular flexibility index (Phi) is 6.73. The van der Waals surface area contributed by atoms with Gasteiger partial charge in [0.2, 0.25) is 5.91 Å². The molecule has 110 valence electrons. The number of hydrogen-bond donors (Lipinski definition) is 2. The van der Waals surface area contributed by atoms with Crippen molar-refractivity contribution < 1.29 is 14.3 Å². The predicted molar refractivity (Wildman–Crippen MR) is 78.8 cm³/mol. The Labute approximate surface area is 119 Å². The van der Waals surface area contributed by atoms with Gasteiger partial charge < -0.3 is 15.4 Å². The van der Waals surface area contributed by atoms with Crippen LogP contribution in [0, 0.1) is 0 Å². The minimum absolute atomic E-state index is 0.0537. The summed E-state index contributed by atoms with van der Waals surface area (Å²) in [6.07, 6.45) is 0.414. The average molecular weight is 278 g/mol. The number of nitrogens with one attached hydrogen (secondary N) is 2. The average Bonchev–Trinajstić information content (AvgIpc) is 2.39. The van der Waals surface area contributed by atoms with Gasteiger partial charge in [0, 0.05) is 24.7 Å². The van der Waals surface area contributed by atoms with Crippen LogP contribution in [0.1, 0.15) is 37.6 Å². The van der Waals surface area contributed by atoms with Crippen molar-refractivity contribution in [2.75, 3.05) is 18.5 Å².